The molecule has 1 saturated carbocycles. The molecule has 0 spiro atoms. The molecule has 1 aromatic carbocycles. The number of benzene rings is 1. The maximum atomic E-state index is 4.80. The molecule has 1 atom stereocenters. The van der Waals surface area contributed by atoms with E-state index in [2.05, 4.69) is 53.5 Å². The first-order valence-electron chi connectivity index (χ1n) is 8.04. The molecular weight excluding hydrogens is 258 g/mol. The Kier molecular flexibility index (Phi) is 4.39. The normalized spacial score (nSPS) is 17.2. The molecule has 3 rings (SSSR count). The van der Waals surface area contributed by atoms with Gasteiger partial charge in [-0.2, -0.15) is 5.10 Å². The summed E-state index contributed by atoms with van der Waals surface area (Å²) in [6.45, 7) is 2.14. The first-order chi connectivity index (χ1) is 10.3. The molecule has 1 heterocycles. The number of rotatable bonds is 5. The molecule has 0 amide bonds. The predicted octanol–water partition coefficient (Wildman–Crippen LogP) is 3.81. The van der Waals surface area contributed by atoms with Crippen molar-refractivity contribution in [2.45, 2.75) is 51.1 Å². The molecule has 1 unspecified atom stereocenters. The van der Waals surface area contributed by atoms with Crippen molar-refractivity contribution in [1.29, 1.82) is 0 Å². The molecule has 112 valence electrons. The SMILES string of the molecule is CNC(Cc1ccn(C2CCCC2)n1)c1cccc(C)c1. The first-order valence-corrected chi connectivity index (χ1v) is 8.04. The first kappa shape index (κ1) is 14.3. The lowest BCUT2D eigenvalue weighted by atomic mass is 10.0. The quantitative estimate of drug-likeness (QED) is 0.904. The largest absolute Gasteiger partial charge is 0.313 e. The van der Waals surface area contributed by atoms with E-state index < -0.39 is 0 Å². The number of aryl methyl sites for hydroxylation is 1. The monoisotopic (exact) mass is 283 g/mol. The Morgan fingerprint density at radius 3 is 2.81 bits per heavy atom. The summed E-state index contributed by atoms with van der Waals surface area (Å²) in [5.41, 5.74) is 3.83. The summed E-state index contributed by atoms with van der Waals surface area (Å²) < 4.78 is 2.19. The Hall–Kier alpha value is -1.61. The van der Waals surface area contributed by atoms with E-state index >= 15 is 0 Å². The highest BCUT2D eigenvalue weighted by Gasteiger charge is 2.18. The van der Waals surface area contributed by atoms with Crippen molar-refractivity contribution in [3.05, 3.63) is 53.3 Å². The van der Waals surface area contributed by atoms with Gasteiger partial charge >= 0.3 is 0 Å². The van der Waals surface area contributed by atoms with Gasteiger partial charge in [0.25, 0.3) is 0 Å². The van der Waals surface area contributed by atoms with Crippen LogP contribution in [0.15, 0.2) is 36.5 Å². The van der Waals surface area contributed by atoms with Crippen LogP contribution >= 0.6 is 0 Å². The summed E-state index contributed by atoms with van der Waals surface area (Å²) in [6.07, 6.45) is 8.38. The molecule has 1 aromatic heterocycles. The molecular formula is C18H25N3. The smallest absolute Gasteiger partial charge is 0.0643 e. The van der Waals surface area contributed by atoms with Gasteiger partial charge in [0, 0.05) is 18.7 Å². The minimum absolute atomic E-state index is 0.330. The Balaban J connectivity index is 1.72. The lowest BCUT2D eigenvalue weighted by Gasteiger charge is -2.16. The molecule has 3 nitrogen and oxygen atoms in total. The number of hydrogen-bond donors (Lipinski definition) is 1. The van der Waals surface area contributed by atoms with Crippen molar-refractivity contribution < 1.29 is 0 Å². The van der Waals surface area contributed by atoms with Crippen molar-refractivity contribution in [2.24, 2.45) is 0 Å². The Bertz CT molecular complexity index is 582. The molecule has 1 N–H and O–H groups in total. The van der Waals surface area contributed by atoms with Crippen LogP contribution in [-0.2, 0) is 6.42 Å². The van der Waals surface area contributed by atoms with Gasteiger partial charge in [0.1, 0.15) is 0 Å². The number of aromatic nitrogens is 2. The van der Waals surface area contributed by atoms with Crippen molar-refractivity contribution in [2.75, 3.05) is 7.05 Å². The van der Waals surface area contributed by atoms with Crippen LogP contribution in [0.25, 0.3) is 0 Å². The van der Waals surface area contributed by atoms with E-state index in [1.165, 1.54) is 42.5 Å². The second kappa shape index (κ2) is 6.44. The van der Waals surface area contributed by atoms with Crippen LogP contribution in [0.1, 0.15) is 54.6 Å². The van der Waals surface area contributed by atoms with Crippen LogP contribution in [0.5, 0.6) is 0 Å². The number of hydrogen-bond acceptors (Lipinski definition) is 2. The Morgan fingerprint density at radius 2 is 2.10 bits per heavy atom. The molecule has 1 aliphatic carbocycles. The molecule has 0 bridgehead atoms. The fraction of sp³-hybridized carbons (Fsp3) is 0.500. The zero-order chi connectivity index (χ0) is 14.7. The predicted molar refractivity (Wildman–Crippen MR) is 86.4 cm³/mol. The molecule has 0 aliphatic heterocycles. The lowest BCUT2D eigenvalue weighted by molar-refractivity contribution is 0.459. The van der Waals surface area contributed by atoms with Gasteiger partial charge in [-0.25, -0.2) is 0 Å². The van der Waals surface area contributed by atoms with E-state index in [1.807, 2.05) is 7.05 Å². The van der Waals surface area contributed by atoms with Crippen molar-refractivity contribution in [1.82, 2.24) is 15.1 Å². The van der Waals surface area contributed by atoms with Crippen LogP contribution < -0.4 is 5.32 Å². The summed E-state index contributed by atoms with van der Waals surface area (Å²) in [4.78, 5) is 0. The van der Waals surface area contributed by atoms with Crippen molar-refractivity contribution >= 4 is 0 Å². The molecule has 1 aliphatic rings. The summed E-state index contributed by atoms with van der Waals surface area (Å²) in [7, 11) is 2.03. The van der Waals surface area contributed by atoms with Gasteiger partial charge in [0.05, 0.1) is 11.7 Å². The molecule has 1 fully saturated rings. The molecule has 0 radical (unpaired) electrons. The molecule has 3 heteroatoms. The third-order valence-electron chi connectivity index (χ3n) is 4.57. The Labute approximate surface area is 127 Å². The summed E-state index contributed by atoms with van der Waals surface area (Å²) in [5, 5.41) is 8.23. The van der Waals surface area contributed by atoms with E-state index in [0.717, 1.165) is 6.42 Å². The number of likely N-dealkylation sites (N-methyl/N-ethyl adjacent to an activating group) is 1. The van der Waals surface area contributed by atoms with Gasteiger partial charge in [-0.05, 0) is 38.4 Å². The van der Waals surface area contributed by atoms with E-state index in [9.17, 15) is 0 Å². The summed E-state index contributed by atoms with van der Waals surface area (Å²) >= 11 is 0. The minimum Gasteiger partial charge on any atom is -0.313 e. The fourth-order valence-corrected chi connectivity index (χ4v) is 3.34. The van der Waals surface area contributed by atoms with Gasteiger partial charge in [-0.15, -0.1) is 0 Å². The third-order valence-corrected chi connectivity index (χ3v) is 4.57. The highest BCUT2D eigenvalue weighted by Crippen LogP contribution is 2.29. The van der Waals surface area contributed by atoms with Crippen LogP contribution in [0.3, 0.4) is 0 Å². The third kappa shape index (κ3) is 3.35. The number of nitrogens with zero attached hydrogens (tertiary/aromatic N) is 2. The zero-order valence-electron chi connectivity index (χ0n) is 13.0. The fourth-order valence-electron chi connectivity index (χ4n) is 3.34. The standard InChI is InChI=1S/C18H25N3/c1-14-6-5-7-15(12-14)18(19-2)13-16-10-11-21(20-16)17-8-3-4-9-17/h5-7,10-12,17-19H,3-4,8-9,13H2,1-2H3. The van der Waals surface area contributed by atoms with Crippen LogP contribution in [0, 0.1) is 6.92 Å². The van der Waals surface area contributed by atoms with E-state index in [0.29, 0.717) is 12.1 Å². The highest BCUT2D eigenvalue weighted by molar-refractivity contribution is 5.26. The zero-order valence-corrected chi connectivity index (χ0v) is 13.0. The highest BCUT2D eigenvalue weighted by atomic mass is 15.3. The minimum atomic E-state index is 0.330. The average Bonchev–Trinajstić information content (AvgIpc) is 3.15. The van der Waals surface area contributed by atoms with Gasteiger partial charge in [0.2, 0.25) is 0 Å². The van der Waals surface area contributed by atoms with Gasteiger partial charge in [0.15, 0.2) is 0 Å². The van der Waals surface area contributed by atoms with Crippen molar-refractivity contribution in [3.8, 4) is 0 Å². The second-order valence-electron chi connectivity index (χ2n) is 6.18. The van der Waals surface area contributed by atoms with Crippen LogP contribution in [-0.4, -0.2) is 16.8 Å². The van der Waals surface area contributed by atoms with E-state index in [1.54, 1.807) is 0 Å². The van der Waals surface area contributed by atoms with Gasteiger partial charge < -0.3 is 5.32 Å². The van der Waals surface area contributed by atoms with Gasteiger partial charge in [-0.3, -0.25) is 4.68 Å². The van der Waals surface area contributed by atoms with E-state index in [4.69, 9.17) is 5.10 Å². The number of nitrogens with one attached hydrogen (secondary N) is 1. The molecule has 0 saturated heterocycles. The van der Waals surface area contributed by atoms with Crippen molar-refractivity contribution in [3.63, 3.8) is 0 Å². The lowest BCUT2D eigenvalue weighted by Crippen LogP contribution is -2.19. The average molecular weight is 283 g/mol. The Morgan fingerprint density at radius 1 is 1.29 bits per heavy atom. The van der Waals surface area contributed by atoms with E-state index in [-0.39, 0.29) is 0 Å². The van der Waals surface area contributed by atoms with Gasteiger partial charge in [-0.1, -0.05) is 42.7 Å². The maximum Gasteiger partial charge on any atom is 0.0643 e. The summed E-state index contributed by atoms with van der Waals surface area (Å²) in [6, 6.07) is 11.9. The summed E-state index contributed by atoms with van der Waals surface area (Å²) in [5.74, 6) is 0. The van der Waals surface area contributed by atoms with Crippen LogP contribution in [0.2, 0.25) is 0 Å². The molecule has 2 aromatic rings. The topological polar surface area (TPSA) is 29.9 Å². The second-order valence-corrected chi connectivity index (χ2v) is 6.18. The van der Waals surface area contributed by atoms with Crippen LogP contribution in [0.4, 0.5) is 0 Å². The molecule has 21 heavy (non-hydrogen) atoms. The maximum absolute atomic E-state index is 4.80.